The lowest BCUT2D eigenvalue weighted by molar-refractivity contribution is 0.238. The molecule has 0 aliphatic heterocycles. The molecule has 0 radical (unpaired) electrons. The third-order valence-corrected chi connectivity index (χ3v) is 2.98. The van der Waals surface area contributed by atoms with E-state index in [1.807, 2.05) is 24.3 Å². The zero-order valence-corrected chi connectivity index (χ0v) is 9.03. The van der Waals surface area contributed by atoms with E-state index in [1.54, 1.807) is 7.11 Å². The number of methoxy groups -OCH3 is 1. The van der Waals surface area contributed by atoms with Crippen LogP contribution < -0.4 is 15.2 Å². The average molecular weight is 207 g/mol. The first-order valence-electron chi connectivity index (χ1n) is 5.25. The van der Waals surface area contributed by atoms with E-state index >= 15 is 0 Å². The van der Waals surface area contributed by atoms with Crippen LogP contribution in [0.25, 0.3) is 0 Å². The molecule has 15 heavy (non-hydrogen) atoms. The second-order valence-electron chi connectivity index (χ2n) is 4.17. The van der Waals surface area contributed by atoms with Crippen LogP contribution in [-0.2, 0) is 0 Å². The van der Waals surface area contributed by atoms with Crippen LogP contribution in [0.5, 0.6) is 11.5 Å². The van der Waals surface area contributed by atoms with Gasteiger partial charge in [-0.05, 0) is 25.0 Å². The summed E-state index contributed by atoms with van der Waals surface area (Å²) in [4.78, 5) is 0. The number of hydrogen-bond donors (Lipinski definition) is 1. The zero-order valence-electron chi connectivity index (χ0n) is 9.03. The summed E-state index contributed by atoms with van der Waals surface area (Å²) in [5.74, 6) is 1.68. The molecule has 1 aliphatic rings. The van der Waals surface area contributed by atoms with Gasteiger partial charge in [0.15, 0.2) is 0 Å². The Morgan fingerprint density at radius 1 is 1.33 bits per heavy atom. The van der Waals surface area contributed by atoms with E-state index in [9.17, 15) is 0 Å². The van der Waals surface area contributed by atoms with Crippen molar-refractivity contribution in [1.29, 1.82) is 0 Å². The molecule has 2 N–H and O–H groups in total. The smallest absolute Gasteiger partial charge is 0.123 e. The van der Waals surface area contributed by atoms with Crippen LogP contribution in [-0.4, -0.2) is 20.3 Å². The van der Waals surface area contributed by atoms with Gasteiger partial charge in [-0.2, -0.15) is 0 Å². The van der Waals surface area contributed by atoms with Gasteiger partial charge >= 0.3 is 0 Å². The molecule has 1 aromatic carbocycles. The number of benzene rings is 1. The van der Waals surface area contributed by atoms with Crippen molar-refractivity contribution in [3.63, 3.8) is 0 Å². The first-order valence-corrected chi connectivity index (χ1v) is 5.25. The van der Waals surface area contributed by atoms with Crippen LogP contribution in [0.2, 0.25) is 0 Å². The number of ether oxygens (including phenoxy) is 2. The van der Waals surface area contributed by atoms with Crippen LogP contribution in [0.1, 0.15) is 12.8 Å². The second kappa shape index (κ2) is 4.11. The van der Waals surface area contributed by atoms with Crippen molar-refractivity contribution in [2.24, 2.45) is 11.1 Å². The topological polar surface area (TPSA) is 44.5 Å². The molecule has 82 valence electrons. The molecule has 0 atom stereocenters. The van der Waals surface area contributed by atoms with Crippen LogP contribution in [0.15, 0.2) is 24.3 Å². The van der Waals surface area contributed by atoms with E-state index in [4.69, 9.17) is 15.2 Å². The molecule has 0 spiro atoms. The van der Waals surface area contributed by atoms with Gasteiger partial charge in [0.2, 0.25) is 0 Å². The van der Waals surface area contributed by atoms with Gasteiger partial charge in [-0.25, -0.2) is 0 Å². The quantitative estimate of drug-likeness (QED) is 0.801. The predicted molar refractivity (Wildman–Crippen MR) is 59.2 cm³/mol. The molecular formula is C12H17NO2. The van der Waals surface area contributed by atoms with Crippen molar-refractivity contribution in [2.75, 3.05) is 20.3 Å². The highest BCUT2D eigenvalue weighted by Gasteiger charge is 2.42. The van der Waals surface area contributed by atoms with E-state index in [2.05, 4.69) is 0 Å². The Morgan fingerprint density at radius 2 is 2.07 bits per heavy atom. The van der Waals surface area contributed by atoms with Gasteiger partial charge in [0, 0.05) is 18.0 Å². The fraction of sp³-hybridized carbons (Fsp3) is 0.500. The largest absolute Gasteiger partial charge is 0.497 e. The first kappa shape index (κ1) is 10.3. The maximum absolute atomic E-state index is 5.71. The molecule has 1 saturated carbocycles. The molecule has 2 rings (SSSR count). The zero-order chi connectivity index (χ0) is 10.7. The van der Waals surface area contributed by atoms with Crippen molar-refractivity contribution in [2.45, 2.75) is 12.8 Å². The third kappa shape index (κ3) is 2.42. The molecular weight excluding hydrogens is 190 g/mol. The van der Waals surface area contributed by atoms with E-state index in [0.717, 1.165) is 24.7 Å². The summed E-state index contributed by atoms with van der Waals surface area (Å²) in [6.07, 6.45) is 2.38. The summed E-state index contributed by atoms with van der Waals surface area (Å²) in [5.41, 5.74) is 5.94. The SMILES string of the molecule is COc1cccc(OCC2(CN)CC2)c1. The highest BCUT2D eigenvalue weighted by molar-refractivity contribution is 5.32. The van der Waals surface area contributed by atoms with Crippen LogP contribution in [0.3, 0.4) is 0 Å². The Balaban J connectivity index is 1.93. The Kier molecular flexibility index (Phi) is 2.82. The van der Waals surface area contributed by atoms with Crippen molar-refractivity contribution < 1.29 is 9.47 Å². The molecule has 0 aromatic heterocycles. The molecule has 0 heterocycles. The average Bonchev–Trinajstić information content (AvgIpc) is 3.07. The lowest BCUT2D eigenvalue weighted by Crippen LogP contribution is -2.22. The van der Waals surface area contributed by atoms with Crippen LogP contribution >= 0.6 is 0 Å². The van der Waals surface area contributed by atoms with Gasteiger partial charge in [0.05, 0.1) is 13.7 Å². The number of hydrogen-bond acceptors (Lipinski definition) is 3. The molecule has 0 unspecified atom stereocenters. The molecule has 3 nitrogen and oxygen atoms in total. The monoisotopic (exact) mass is 207 g/mol. The van der Waals surface area contributed by atoms with E-state index in [1.165, 1.54) is 12.8 Å². The minimum absolute atomic E-state index is 0.253. The first-order chi connectivity index (χ1) is 7.28. The Morgan fingerprint density at radius 3 is 2.67 bits per heavy atom. The summed E-state index contributed by atoms with van der Waals surface area (Å²) < 4.78 is 10.8. The Labute approximate surface area is 90.2 Å². The summed E-state index contributed by atoms with van der Waals surface area (Å²) in [7, 11) is 1.65. The van der Waals surface area contributed by atoms with E-state index in [-0.39, 0.29) is 5.41 Å². The maximum Gasteiger partial charge on any atom is 0.123 e. The van der Waals surface area contributed by atoms with Gasteiger partial charge in [0.1, 0.15) is 11.5 Å². The van der Waals surface area contributed by atoms with Crippen LogP contribution in [0, 0.1) is 5.41 Å². The molecule has 1 fully saturated rings. The standard InChI is InChI=1S/C12H17NO2/c1-14-10-3-2-4-11(7-10)15-9-12(8-13)5-6-12/h2-4,7H,5-6,8-9,13H2,1H3. The summed E-state index contributed by atoms with van der Waals surface area (Å²) >= 11 is 0. The fourth-order valence-electron chi connectivity index (χ4n) is 1.51. The highest BCUT2D eigenvalue weighted by Crippen LogP contribution is 2.44. The third-order valence-electron chi connectivity index (χ3n) is 2.98. The summed E-state index contributed by atoms with van der Waals surface area (Å²) in [6, 6.07) is 7.67. The molecule has 0 amide bonds. The second-order valence-corrected chi connectivity index (χ2v) is 4.17. The minimum atomic E-state index is 0.253. The number of rotatable bonds is 5. The fourth-order valence-corrected chi connectivity index (χ4v) is 1.51. The maximum atomic E-state index is 5.71. The lowest BCUT2D eigenvalue weighted by Gasteiger charge is -2.14. The van der Waals surface area contributed by atoms with E-state index in [0.29, 0.717) is 0 Å². The number of nitrogens with two attached hydrogens (primary N) is 1. The van der Waals surface area contributed by atoms with Crippen molar-refractivity contribution in [3.8, 4) is 11.5 Å². The lowest BCUT2D eigenvalue weighted by atomic mass is 10.1. The van der Waals surface area contributed by atoms with Crippen molar-refractivity contribution >= 4 is 0 Å². The summed E-state index contributed by atoms with van der Waals surface area (Å²) in [6.45, 7) is 1.44. The molecule has 1 aromatic rings. The van der Waals surface area contributed by atoms with Gasteiger partial charge < -0.3 is 15.2 Å². The van der Waals surface area contributed by atoms with Crippen molar-refractivity contribution in [3.05, 3.63) is 24.3 Å². The van der Waals surface area contributed by atoms with Crippen LogP contribution in [0.4, 0.5) is 0 Å². The molecule has 3 heteroatoms. The predicted octanol–water partition coefficient (Wildman–Crippen LogP) is 1.81. The van der Waals surface area contributed by atoms with Gasteiger partial charge in [-0.1, -0.05) is 6.07 Å². The minimum Gasteiger partial charge on any atom is -0.497 e. The Bertz CT molecular complexity index is 334. The van der Waals surface area contributed by atoms with Crippen molar-refractivity contribution in [1.82, 2.24) is 0 Å². The molecule has 1 aliphatic carbocycles. The molecule has 0 saturated heterocycles. The Hall–Kier alpha value is -1.22. The van der Waals surface area contributed by atoms with E-state index < -0.39 is 0 Å². The van der Waals surface area contributed by atoms with Gasteiger partial charge in [-0.15, -0.1) is 0 Å². The molecule has 0 bridgehead atoms. The van der Waals surface area contributed by atoms with Gasteiger partial charge in [0.25, 0.3) is 0 Å². The normalized spacial score (nSPS) is 17.2. The summed E-state index contributed by atoms with van der Waals surface area (Å²) in [5, 5.41) is 0. The van der Waals surface area contributed by atoms with Gasteiger partial charge in [-0.3, -0.25) is 0 Å². The highest BCUT2D eigenvalue weighted by atomic mass is 16.5.